The number of aromatic nitrogens is 2. The summed E-state index contributed by atoms with van der Waals surface area (Å²) in [7, 11) is 0. The van der Waals surface area contributed by atoms with Crippen LogP contribution < -0.4 is 0 Å². The molecule has 0 saturated carbocycles. The van der Waals surface area contributed by atoms with Crippen LogP contribution in [0.15, 0.2) is 47.4 Å². The van der Waals surface area contributed by atoms with Gasteiger partial charge >= 0.3 is 0 Å². The monoisotopic (exact) mass is 309 g/mol. The molecule has 0 aliphatic carbocycles. The van der Waals surface area contributed by atoms with Crippen LogP contribution in [0.2, 0.25) is 0 Å². The molecule has 0 aliphatic heterocycles. The molecule has 3 aromatic rings. The fourth-order valence-corrected chi connectivity index (χ4v) is 2.54. The first-order valence-corrected chi connectivity index (χ1v) is 7.83. The van der Waals surface area contributed by atoms with E-state index in [1.54, 1.807) is 23.9 Å². The number of hydrogen-bond acceptors (Lipinski definition) is 3. The van der Waals surface area contributed by atoms with E-state index < -0.39 is 0 Å². The summed E-state index contributed by atoms with van der Waals surface area (Å²) in [6, 6.07) is 14.3. The summed E-state index contributed by atoms with van der Waals surface area (Å²) in [4.78, 5) is 8.48. The second-order valence-corrected chi connectivity index (χ2v) is 5.57. The molecule has 3 nitrogen and oxygen atoms in total. The molecule has 1 aromatic heterocycles. The van der Waals surface area contributed by atoms with Crippen molar-refractivity contribution < 1.29 is 4.39 Å². The largest absolute Gasteiger partial charge is 0.337 e. The van der Waals surface area contributed by atoms with E-state index in [1.165, 1.54) is 12.1 Å². The molecule has 0 saturated heterocycles. The van der Waals surface area contributed by atoms with Crippen LogP contribution in [-0.2, 0) is 0 Å². The third-order valence-electron chi connectivity index (χ3n) is 3.25. The number of allylic oxidation sites excluding steroid dienone is 1. The van der Waals surface area contributed by atoms with E-state index in [9.17, 15) is 9.65 Å². The summed E-state index contributed by atoms with van der Waals surface area (Å²) < 4.78 is 13.2. The van der Waals surface area contributed by atoms with Crippen molar-refractivity contribution in [1.82, 2.24) is 9.97 Å². The van der Waals surface area contributed by atoms with Crippen LogP contribution >= 0.6 is 11.8 Å². The molecule has 0 radical (unpaired) electrons. The van der Waals surface area contributed by atoms with Gasteiger partial charge in [0, 0.05) is 4.90 Å². The maximum Gasteiger partial charge on any atom is 0.149 e. The van der Waals surface area contributed by atoms with Crippen molar-refractivity contribution in [2.24, 2.45) is 0 Å². The lowest BCUT2D eigenvalue weighted by Crippen LogP contribution is -1.85. The first-order valence-electron chi connectivity index (χ1n) is 6.61. The number of hydrogen-bond donors (Lipinski definition) is 1. The molecule has 0 unspecified atom stereocenters. The highest BCUT2D eigenvalue weighted by Crippen LogP contribution is 2.21. The zero-order valence-corrected chi connectivity index (χ0v) is 12.6. The molecule has 3 rings (SSSR count). The number of aromatic amines is 1. The highest BCUT2D eigenvalue weighted by atomic mass is 32.2. The lowest BCUT2D eigenvalue weighted by Gasteiger charge is -1.98. The third kappa shape index (κ3) is 2.87. The Hall–Kier alpha value is -2.58. The molecule has 0 spiro atoms. The summed E-state index contributed by atoms with van der Waals surface area (Å²) in [5.74, 6) is 0.106. The molecule has 5 heteroatoms. The number of nitriles is 1. The zero-order chi connectivity index (χ0) is 15.5. The smallest absolute Gasteiger partial charge is 0.149 e. The van der Waals surface area contributed by atoms with E-state index in [0.29, 0.717) is 22.4 Å². The second-order valence-electron chi connectivity index (χ2n) is 4.69. The lowest BCUT2D eigenvalue weighted by atomic mass is 10.1. The maximum absolute atomic E-state index is 13.2. The van der Waals surface area contributed by atoms with Crippen LogP contribution in [-0.4, -0.2) is 16.2 Å². The molecular formula is C17H12FN3S. The molecule has 22 heavy (non-hydrogen) atoms. The molecule has 1 N–H and O–H groups in total. The van der Waals surface area contributed by atoms with E-state index in [2.05, 4.69) is 16.0 Å². The van der Waals surface area contributed by atoms with E-state index in [1.807, 2.05) is 30.5 Å². The molecule has 0 bridgehead atoms. The van der Waals surface area contributed by atoms with E-state index in [4.69, 9.17) is 0 Å². The SMILES string of the molecule is CSc1ccc(/C=C(/C#N)c2nc3ccc(F)cc3[nH]2)cc1. The maximum atomic E-state index is 13.2. The number of imidazole rings is 1. The molecule has 2 aromatic carbocycles. The Morgan fingerprint density at radius 3 is 2.73 bits per heavy atom. The average Bonchev–Trinajstić information content (AvgIpc) is 2.96. The van der Waals surface area contributed by atoms with Gasteiger partial charge in [-0.3, -0.25) is 0 Å². The van der Waals surface area contributed by atoms with Crippen molar-refractivity contribution >= 4 is 34.4 Å². The average molecular weight is 309 g/mol. The first-order chi connectivity index (χ1) is 10.7. The Labute approximate surface area is 131 Å². The van der Waals surface area contributed by atoms with Crippen molar-refractivity contribution in [3.05, 3.63) is 59.7 Å². The lowest BCUT2D eigenvalue weighted by molar-refractivity contribution is 0.629. The van der Waals surface area contributed by atoms with Crippen molar-refractivity contribution in [2.45, 2.75) is 4.90 Å². The number of H-pyrrole nitrogens is 1. The standard InChI is InChI=1S/C17H12FN3S/c1-22-14-5-2-11(3-6-14)8-12(10-19)17-20-15-7-4-13(18)9-16(15)21-17/h2-9H,1H3,(H,20,21)/b12-8-. The fourth-order valence-electron chi connectivity index (χ4n) is 2.13. The number of thioether (sulfide) groups is 1. The molecule has 0 fully saturated rings. The van der Waals surface area contributed by atoms with Crippen molar-refractivity contribution in [2.75, 3.05) is 6.26 Å². The highest BCUT2D eigenvalue weighted by molar-refractivity contribution is 7.98. The van der Waals surface area contributed by atoms with Gasteiger partial charge in [-0.15, -0.1) is 11.8 Å². The number of fused-ring (bicyclic) bond motifs is 1. The van der Waals surface area contributed by atoms with Crippen molar-refractivity contribution in [1.29, 1.82) is 5.26 Å². The quantitative estimate of drug-likeness (QED) is 0.573. The Kier molecular flexibility index (Phi) is 3.94. The molecule has 0 aliphatic rings. The van der Waals surface area contributed by atoms with Gasteiger partial charge in [0.1, 0.15) is 17.7 Å². The molecule has 1 heterocycles. The minimum atomic E-state index is -0.335. The van der Waals surface area contributed by atoms with Crippen LogP contribution in [0.5, 0.6) is 0 Å². The van der Waals surface area contributed by atoms with Gasteiger partial charge in [-0.2, -0.15) is 5.26 Å². The van der Waals surface area contributed by atoms with Crippen LogP contribution in [0, 0.1) is 17.1 Å². The van der Waals surface area contributed by atoms with Crippen molar-refractivity contribution in [3.8, 4) is 6.07 Å². The third-order valence-corrected chi connectivity index (χ3v) is 3.99. The Bertz CT molecular complexity index is 888. The normalized spacial score (nSPS) is 11.6. The van der Waals surface area contributed by atoms with E-state index in [-0.39, 0.29) is 5.82 Å². The Morgan fingerprint density at radius 2 is 2.05 bits per heavy atom. The zero-order valence-electron chi connectivity index (χ0n) is 11.8. The highest BCUT2D eigenvalue weighted by Gasteiger charge is 2.08. The Balaban J connectivity index is 2.01. The molecule has 0 atom stereocenters. The first kappa shape index (κ1) is 14.4. The Morgan fingerprint density at radius 1 is 1.27 bits per heavy atom. The summed E-state index contributed by atoms with van der Waals surface area (Å²) in [6.07, 6.45) is 3.78. The number of nitrogens with zero attached hydrogens (tertiary/aromatic N) is 2. The molecular weight excluding hydrogens is 297 g/mol. The van der Waals surface area contributed by atoms with Crippen molar-refractivity contribution in [3.63, 3.8) is 0 Å². The topological polar surface area (TPSA) is 52.5 Å². The number of halogens is 1. The van der Waals surface area contributed by atoms with Crippen LogP contribution in [0.1, 0.15) is 11.4 Å². The van der Waals surface area contributed by atoms with E-state index in [0.717, 1.165) is 10.5 Å². The van der Waals surface area contributed by atoms with Gasteiger partial charge in [0.2, 0.25) is 0 Å². The minimum Gasteiger partial charge on any atom is -0.337 e. The molecule has 108 valence electrons. The van der Waals surface area contributed by atoms with Gasteiger partial charge in [0.15, 0.2) is 0 Å². The van der Waals surface area contributed by atoms with Crippen LogP contribution in [0.3, 0.4) is 0 Å². The number of nitrogens with one attached hydrogen (secondary N) is 1. The summed E-state index contributed by atoms with van der Waals surface area (Å²) in [5, 5.41) is 9.36. The predicted molar refractivity (Wildman–Crippen MR) is 87.8 cm³/mol. The van der Waals surface area contributed by atoms with Crippen LogP contribution in [0.25, 0.3) is 22.7 Å². The van der Waals surface area contributed by atoms with Gasteiger partial charge in [0.05, 0.1) is 16.6 Å². The summed E-state index contributed by atoms with van der Waals surface area (Å²) >= 11 is 1.66. The fraction of sp³-hybridized carbons (Fsp3) is 0.0588. The summed E-state index contributed by atoms with van der Waals surface area (Å²) in [5.41, 5.74) is 2.54. The molecule has 0 amide bonds. The van der Waals surface area contributed by atoms with Gasteiger partial charge in [-0.25, -0.2) is 9.37 Å². The number of rotatable bonds is 3. The van der Waals surface area contributed by atoms with Gasteiger partial charge in [0.25, 0.3) is 0 Å². The van der Waals surface area contributed by atoms with Gasteiger partial charge in [-0.05, 0) is 48.2 Å². The predicted octanol–water partition coefficient (Wildman–Crippen LogP) is 4.49. The van der Waals surface area contributed by atoms with Gasteiger partial charge < -0.3 is 4.98 Å². The van der Waals surface area contributed by atoms with E-state index >= 15 is 0 Å². The van der Waals surface area contributed by atoms with Gasteiger partial charge in [-0.1, -0.05) is 12.1 Å². The second kappa shape index (κ2) is 6.04. The summed E-state index contributed by atoms with van der Waals surface area (Å²) in [6.45, 7) is 0. The number of benzene rings is 2. The minimum absolute atomic E-state index is 0.335. The van der Waals surface area contributed by atoms with Crippen LogP contribution in [0.4, 0.5) is 4.39 Å².